The molecule has 1 aromatic rings. The van der Waals surface area contributed by atoms with Crippen LogP contribution >= 0.6 is 0 Å². The number of methoxy groups -OCH3 is 1. The first-order chi connectivity index (χ1) is 7.60. The molecule has 0 aliphatic heterocycles. The Balaban J connectivity index is 2.04. The number of hydrogen-bond acceptors (Lipinski definition) is 3. The lowest BCUT2D eigenvalue weighted by Gasteiger charge is -2.41. The van der Waals surface area contributed by atoms with Gasteiger partial charge in [0.1, 0.15) is 18.0 Å². The minimum absolute atomic E-state index is 0.0285. The van der Waals surface area contributed by atoms with E-state index in [4.69, 9.17) is 15.2 Å². The van der Waals surface area contributed by atoms with Crippen LogP contribution in [-0.2, 0) is 4.74 Å². The van der Waals surface area contributed by atoms with Crippen LogP contribution in [0.15, 0.2) is 18.2 Å². The number of hydrogen-bond donors (Lipinski definition) is 1. The van der Waals surface area contributed by atoms with E-state index in [1.165, 1.54) is 11.1 Å². The first-order valence-corrected chi connectivity index (χ1v) is 5.63. The van der Waals surface area contributed by atoms with Crippen molar-refractivity contribution in [3.8, 4) is 5.75 Å². The zero-order chi connectivity index (χ0) is 11.7. The number of nitrogens with two attached hydrogens (primary N) is 1. The van der Waals surface area contributed by atoms with Crippen LogP contribution in [-0.4, -0.2) is 25.4 Å². The van der Waals surface area contributed by atoms with E-state index in [-0.39, 0.29) is 18.2 Å². The van der Waals surface area contributed by atoms with Gasteiger partial charge in [-0.05, 0) is 37.1 Å². The van der Waals surface area contributed by atoms with Crippen molar-refractivity contribution >= 4 is 0 Å². The van der Waals surface area contributed by atoms with E-state index in [9.17, 15) is 0 Å². The molecule has 1 aliphatic carbocycles. The quantitative estimate of drug-likeness (QED) is 0.846. The van der Waals surface area contributed by atoms with Crippen LogP contribution in [0.5, 0.6) is 5.75 Å². The van der Waals surface area contributed by atoms with E-state index in [1.54, 1.807) is 7.11 Å². The molecule has 1 saturated carbocycles. The highest BCUT2D eigenvalue weighted by Crippen LogP contribution is 2.28. The van der Waals surface area contributed by atoms with Gasteiger partial charge in [0.2, 0.25) is 0 Å². The smallest absolute Gasteiger partial charge is 0.128 e. The van der Waals surface area contributed by atoms with Crippen molar-refractivity contribution in [2.24, 2.45) is 5.73 Å². The molecule has 3 unspecified atom stereocenters. The van der Waals surface area contributed by atoms with E-state index in [0.717, 1.165) is 12.2 Å². The molecule has 0 amide bonds. The summed E-state index contributed by atoms with van der Waals surface area (Å²) in [5.41, 5.74) is 8.26. The standard InChI is InChI=1S/C13H19NO2/c1-8-4-9(2)6-10(5-8)16-12-7-11(14)13(12)15-3/h4-6,11-13H,7,14H2,1-3H3. The summed E-state index contributed by atoms with van der Waals surface area (Å²) in [5, 5.41) is 0. The molecular weight excluding hydrogens is 202 g/mol. The first-order valence-electron chi connectivity index (χ1n) is 5.63. The van der Waals surface area contributed by atoms with Crippen LogP contribution in [0.4, 0.5) is 0 Å². The SMILES string of the molecule is COC1C(N)CC1Oc1cc(C)cc(C)c1. The fourth-order valence-electron chi connectivity index (χ4n) is 2.23. The first kappa shape index (κ1) is 11.4. The molecule has 0 radical (unpaired) electrons. The third kappa shape index (κ3) is 2.20. The minimum atomic E-state index is 0.0285. The molecular formula is C13H19NO2. The zero-order valence-electron chi connectivity index (χ0n) is 10.1. The molecule has 1 aliphatic rings. The molecule has 16 heavy (non-hydrogen) atoms. The van der Waals surface area contributed by atoms with E-state index in [1.807, 2.05) is 12.1 Å². The molecule has 0 spiro atoms. The second-order valence-electron chi connectivity index (χ2n) is 4.58. The maximum absolute atomic E-state index is 5.88. The van der Waals surface area contributed by atoms with Gasteiger partial charge < -0.3 is 15.2 Å². The summed E-state index contributed by atoms with van der Waals surface area (Å²) in [7, 11) is 1.68. The van der Waals surface area contributed by atoms with E-state index in [0.29, 0.717) is 0 Å². The Labute approximate surface area is 96.5 Å². The number of aryl methyl sites for hydroxylation is 2. The molecule has 0 bridgehead atoms. The molecule has 3 atom stereocenters. The summed E-state index contributed by atoms with van der Waals surface area (Å²) in [6, 6.07) is 6.33. The van der Waals surface area contributed by atoms with Gasteiger partial charge in [0.15, 0.2) is 0 Å². The normalized spacial score (nSPS) is 28.6. The molecule has 0 saturated heterocycles. The fraction of sp³-hybridized carbons (Fsp3) is 0.538. The van der Waals surface area contributed by atoms with Crippen molar-refractivity contribution < 1.29 is 9.47 Å². The molecule has 3 nitrogen and oxygen atoms in total. The van der Waals surface area contributed by atoms with Gasteiger partial charge in [-0.25, -0.2) is 0 Å². The van der Waals surface area contributed by atoms with Crippen LogP contribution in [0.3, 0.4) is 0 Å². The van der Waals surface area contributed by atoms with Crippen LogP contribution in [0.25, 0.3) is 0 Å². The van der Waals surface area contributed by atoms with Crippen LogP contribution in [0, 0.1) is 13.8 Å². The highest BCUT2D eigenvalue weighted by Gasteiger charge is 2.40. The van der Waals surface area contributed by atoms with Gasteiger partial charge in [0.05, 0.1) is 0 Å². The van der Waals surface area contributed by atoms with Crippen LogP contribution in [0.1, 0.15) is 17.5 Å². The second kappa shape index (κ2) is 4.44. The third-order valence-electron chi connectivity index (χ3n) is 3.05. The van der Waals surface area contributed by atoms with Crippen LogP contribution < -0.4 is 10.5 Å². The molecule has 2 N–H and O–H groups in total. The Hall–Kier alpha value is -1.06. The van der Waals surface area contributed by atoms with Crippen LogP contribution in [0.2, 0.25) is 0 Å². The fourth-order valence-corrected chi connectivity index (χ4v) is 2.23. The Morgan fingerprint density at radius 2 is 1.81 bits per heavy atom. The molecule has 3 heteroatoms. The molecule has 88 valence electrons. The third-order valence-corrected chi connectivity index (χ3v) is 3.05. The van der Waals surface area contributed by atoms with Crippen molar-refractivity contribution in [3.63, 3.8) is 0 Å². The van der Waals surface area contributed by atoms with Crippen molar-refractivity contribution in [2.75, 3.05) is 7.11 Å². The van der Waals surface area contributed by atoms with Crippen molar-refractivity contribution in [3.05, 3.63) is 29.3 Å². The molecule has 1 fully saturated rings. The van der Waals surface area contributed by atoms with Gasteiger partial charge in [0, 0.05) is 19.6 Å². The van der Waals surface area contributed by atoms with Gasteiger partial charge in [-0.2, -0.15) is 0 Å². The Kier molecular flexibility index (Phi) is 3.17. The monoisotopic (exact) mass is 221 g/mol. The van der Waals surface area contributed by atoms with E-state index < -0.39 is 0 Å². The summed E-state index contributed by atoms with van der Waals surface area (Å²) in [6.07, 6.45) is 0.993. The summed E-state index contributed by atoms with van der Waals surface area (Å²) in [5.74, 6) is 0.913. The van der Waals surface area contributed by atoms with E-state index in [2.05, 4.69) is 19.9 Å². The van der Waals surface area contributed by atoms with Crippen molar-refractivity contribution in [1.29, 1.82) is 0 Å². The van der Waals surface area contributed by atoms with Crippen molar-refractivity contribution in [1.82, 2.24) is 0 Å². The Bertz CT molecular complexity index is 358. The Morgan fingerprint density at radius 1 is 1.19 bits per heavy atom. The predicted molar refractivity (Wildman–Crippen MR) is 63.7 cm³/mol. The van der Waals surface area contributed by atoms with Gasteiger partial charge in [0.25, 0.3) is 0 Å². The lowest BCUT2D eigenvalue weighted by atomic mass is 9.86. The number of rotatable bonds is 3. The zero-order valence-corrected chi connectivity index (χ0v) is 10.1. The van der Waals surface area contributed by atoms with Crippen molar-refractivity contribution in [2.45, 2.75) is 38.5 Å². The maximum atomic E-state index is 5.88. The van der Waals surface area contributed by atoms with Gasteiger partial charge in [-0.3, -0.25) is 0 Å². The second-order valence-corrected chi connectivity index (χ2v) is 4.58. The summed E-state index contributed by atoms with van der Waals surface area (Å²) >= 11 is 0. The molecule has 1 aromatic carbocycles. The van der Waals surface area contributed by atoms with Gasteiger partial charge in [-0.15, -0.1) is 0 Å². The average Bonchev–Trinajstić information content (AvgIpc) is 2.15. The summed E-state index contributed by atoms with van der Waals surface area (Å²) < 4.78 is 11.2. The highest BCUT2D eigenvalue weighted by molar-refractivity contribution is 5.33. The van der Waals surface area contributed by atoms with E-state index >= 15 is 0 Å². The lowest BCUT2D eigenvalue weighted by molar-refractivity contribution is -0.0782. The molecule has 0 heterocycles. The minimum Gasteiger partial charge on any atom is -0.488 e. The van der Waals surface area contributed by atoms with Gasteiger partial charge >= 0.3 is 0 Å². The number of benzene rings is 1. The lowest BCUT2D eigenvalue weighted by Crippen LogP contribution is -2.59. The predicted octanol–water partition coefficient (Wildman–Crippen LogP) is 1.80. The largest absolute Gasteiger partial charge is 0.488 e. The average molecular weight is 221 g/mol. The maximum Gasteiger partial charge on any atom is 0.128 e. The van der Waals surface area contributed by atoms with Gasteiger partial charge in [-0.1, -0.05) is 6.07 Å². The summed E-state index contributed by atoms with van der Waals surface area (Å²) in [4.78, 5) is 0. The molecule has 0 aromatic heterocycles. The Morgan fingerprint density at radius 3 is 2.31 bits per heavy atom. The topological polar surface area (TPSA) is 44.5 Å². The molecule has 2 rings (SSSR count). The summed E-state index contributed by atoms with van der Waals surface area (Å²) in [6.45, 7) is 4.14. The number of ether oxygens (including phenoxy) is 2. The highest BCUT2D eigenvalue weighted by atomic mass is 16.5.